The van der Waals surface area contributed by atoms with Crippen LogP contribution < -0.4 is 4.90 Å². The molecule has 0 aliphatic rings. The van der Waals surface area contributed by atoms with Crippen molar-refractivity contribution in [1.82, 2.24) is 0 Å². The van der Waals surface area contributed by atoms with E-state index in [1.807, 2.05) is 12.1 Å². The van der Waals surface area contributed by atoms with Gasteiger partial charge in [0.2, 0.25) is 0 Å². The van der Waals surface area contributed by atoms with E-state index in [1.165, 1.54) is 54.3 Å². The second-order valence-electron chi connectivity index (χ2n) is 11.3. The summed E-state index contributed by atoms with van der Waals surface area (Å²) in [7, 11) is 0. The predicted octanol–water partition coefficient (Wildman–Crippen LogP) is 12.0. The van der Waals surface area contributed by atoms with Crippen LogP contribution >= 0.6 is 0 Å². The van der Waals surface area contributed by atoms with Crippen molar-refractivity contribution in [1.29, 1.82) is 0 Å². The zero-order valence-electron chi connectivity index (χ0n) is 23.7. The van der Waals surface area contributed by atoms with Crippen LogP contribution in [0.4, 0.5) is 17.1 Å². The van der Waals surface area contributed by atoms with E-state index >= 15 is 0 Å². The average molecular weight is 550 g/mol. The summed E-state index contributed by atoms with van der Waals surface area (Å²) in [6, 6.07) is 52.4. The van der Waals surface area contributed by atoms with Gasteiger partial charge in [0.1, 0.15) is 11.2 Å². The highest BCUT2D eigenvalue weighted by atomic mass is 16.3. The fourth-order valence-corrected chi connectivity index (χ4v) is 7.05. The highest BCUT2D eigenvalue weighted by Gasteiger charge is 2.23. The number of hydrogen-bond acceptors (Lipinski definition) is 2. The molecule has 0 spiro atoms. The van der Waals surface area contributed by atoms with Crippen LogP contribution in [-0.4, -0.2) is 0 Å². The van der Waals surface area contributed by atoms with Crippen molar-refractivity contribution in [2.24, 2.45) is 0 Å². The minimum atomic E-state index is 0.886. The minimum absolute atomic E-state index is 0.886. The smallest absolute Gasteiger partial charge is 0.137 e. The van der Waals surface area contributed by atoms with Crippen molar-refractivity contribution in [3.05, 3.63) is 151 Å². The fourth-order valence-electron chi connectivity index (χ4n) is 7.05. The van der Waals surface area contributed by atoms with Gasteiger partial charge in [-0.1, -0.05) is 115 Å². The average Bonchev–Trinajstić information content (AvgIpc) is 3.44. The van der Waals surface area contributed by atoms with E-state index in [0.29, 0.717) is 0 Å². The molecule has 0 atom stereocenters. The van der Waals surface area contributed by atoms with E-state index < -0.39 is 0 Å². The van der Waals surface area contributed by atoms with E-state index in [0.717, 1.165) is 33.3 Å². The highest BCUT2D eigenvalue weighted by Crippen LogP contribution is 2.48. The zero-order valence-corrected chi connectivity index (χ0v) is 23.7. The molecule has 1 aromatic heterocycles. The molecule has 0 bridgehead atoms. The Morgan fingerprint density at radius 2 is 0.953 bits per heavy atom. The van der Waals surface area contributed by atoms with Gasteiger partial charge in [0, 0.05) is 33.3 Å². The van der Waals surface area contributed by atoms with Crippen LogP contribution in [0.5, 0.6) is 0 Å². The van der Waals surface area contributed by atoms with Gasteiger partial charge >= 0.3 is 0 Å². The predicted molar refractivity (Wildman–Crippen MR) is 183 cm³/mol. The lowest BCUT2D eigenvalue weighted by molar-refractivity contribution is 0.669. The topological polar surface area (TPSA) is 16.4 Å². The summed E-state index contributed by atoms with van der Waals surface area (Å²) < 4.78 is 6.43. The van der Waals surface area contributed by atoms with Gasteiger partial charge in [-0.2, -0.15) is 0 Å². The largest absolute Gasteiger partial charge is 0.456 e. The maximum absolute atomic E-state index is 6.43. The summed E-state index contributed by atoms with van der Waals surface area (Å²) in [6.45, 7) is 2.26. The maximum Gasteiger partial charge on any atom is 0.137 e. The lowest BCUT2D eigenvalue weighted by Gasteiger charge is -2.31. The Labute approximate surface area is 249 Å². The monoisotopic (exact) mass is 549 g/mol. The Balaban J connectivity index is 1.45. The number of para-hydroxylation sites is 1. The number of anilines is 3. The Morgan fingerprint density at radius 1 is 0.419 bits per heavy atom. The first-order valence-corrected chi connectivity index (χ1v) is 14.8. The number of hydrogen-bond donors (Lipinski definition) is 0. The molecule has 0 aliphatic heterocycles. The first kappa shape index (κ1) is 24.0. The molecule has 0 radical (unpaired) electrons. The van der Waals surface area contributed by atoms with Gasteiger partial charge in [0.15, 0.2) is 0 Å². The van der Waals surface area contributed by atoms with E-state index in [2.05, 4.69) is 145 Å². The first-order chi connectivity index (χ1) is 21.3. The molecule has 8 aromatic carbocycles. The summed E-state index contributed by atoms with van der Waals surface area (Å²) in [5, 5.41) is 12.2. The molecule has 9 aromatic rings. The van der Waals surface area contributed by atoms with Gasteiger partial charge in [0.25, 0.3) is 0 Å². The maximum atomic E-state index is 6.43. The van der Waals surface area contributed by atoms with Gasteiger partial charge in [-0.3, -0.25) is 0 Å². The number of fused-ring (bicyclic) bond motifs is 9. The number of benzene rings is 8. The molecule has 1 heterocycles. The van der Waals surface area contributed by atoms with Gasteiger partial charge in [-0.25, -0.2) is 0 Å². The van der Waals surface area contributed by atoms with Gasteiger partial charge in [0.05, 0.1) is 11.4 Å². The number of furan rings is 1. The van der Waals surface area contributed by atoms with Crippen molar-refractivity contribution in [2.45, 2.75) is 6.92 Å². The molecule has 0 aliphatic carbocycles. The molecule has 2 nitrogen and oxygen atoms in total. The molecule has 0 fully saturated rings. The summed E-state index contributed by atoms with van der Waals surface area (Å²) in [6.07, 6.45) is 0. The molecule has 0 saturated heterocycles. The van der Waals surface area contributed by atoms with Gasteiger partial charge in [-0.15, -0.1) is 0 Å². The molecule has 0 saturated carbocycles. The van der Waals surface area contributed by atoms with E-state index in [9.17, 15) is 0 Å². The summed E-state index contributed by atoms with van der Waals surface area (Å²) in [5.41, 5.74) is 6.44. The molecule has 0 unspecified atom stereocenters. The third-order valence-electron chi connectivity index (χ3n) is 8.99. The van der Waals surface area contributed by atoms with Crippen LogP contribution in [0.2, 0.25) is 0 Å². The van der Waals surface area contributed by atoms with E-state index in [1.54, 1.807) is 0 Å². The van der Waals surface area contributed by atoms with Gasteiger partial charge < -0.3 is 9.32 Å². The fraction of sp³-hybridized carbons (Fsp3) is 0.0244. The minimum Gasteiger partial charge on any atom is -0.456 e. The third kappa shape index (κ3) is 3.53. The highest BCUT2D eigenvalue weighted by molar-refractivity contribution is 6.20. The second-order valence-corrected chi connectivity index (χ2v) is 11.3. The van der Waals surface area contributed by atoms with E-state index in [-0.39, 0.29) is 0 Å². The third-order valence-corrected chi connectivity index (χ3v) is 8.99. The van der Waals surface area contributed by atoms with Crippen molar-refractivity contribution in [3.63, 3.8) is 0 Å². The van der Waals surface area contributed by atoms with Crippen molar-refractivity contribution in [2.75, 3.05) is 4.90 Å². The molecule has 0 N–H and O–H groups in total. The Hall–Kier alpha value is -5.60. The first-order valence-electron chi connectivity index (χ1n) is 14.8. The van der Waals surface area contributed by atoms with Crippen LogP contribution in [-0.2, 0) is 0 Å². The molecule has 2 heteroatoms. The van der Waals surface area contributed by atoms with E-state index in [4.69, 9.17) is 4.42 Å². The molecule has 0 amide bonds. The van der Waals surface area contributed by atoms with Crippen molar-refractivity contribution < 1.29 is 4.42 Å². The Morgan fingerprint density at radius 3 is 1.72 bits per heavy atom. The normalized spacial score (nSPS) is 11.8. The SMILES string of the molecule is Cc1c(N(c2ccc3c(c2)oc2ccccc23)c2cc3ccccc3c3ccccc23)c2ccccc2c2ccccc12. The lowest BCUT2D eigenvalue weighted by atomic mass is 9.93. The van der Waals surface area contributed by atoms with Crippen LogP contribution in [0.15, 0.2) is 150 Å². The standard InChI is InChI=1S/C41H27NO/c1-26-29-13-4-5-15-31(29)33-17-7-9-20-37(33)41(26)42(28-22-23-36-35-19-10-11-21-39(35)43-40(36)25-28)38-24-27-12-2-3-14-30(27)32-16-6-8-18-34(32)38/h2-25H,1H3. The van der Waals surface area contributed by atoms with Crippen LogP contribution in [0.3, 0.4) is 0 Å². The molecule has 202 valence electrons. The number of aryl methyl sites for hydroxylation is 1. The molecule has 43 heavy (non-hydrogen) atoms. The van der Waals surface area contributed by atoms with Crippen LogP contribution in [0.1, 0.15) is 5.56 Å². The second kappa shape index (κ2) is 9.20. The quantitative estimate of drug-likeness (QED) is 0.204. The van der Waals surface area contributed by atoms with Gasteiger partial charge in [-0.05, 0) is 69.1 Å². The summed E-state index contributed by atoms with van der Waals surface area (Å²) in [5.74, 6) is 0. The van der Waals surface area contributed by atoms with Crippen LogP contribution in [0, 0.1) is 6.92 Å². The Kier molecular flexibility index (Phi) is 5.15. The molecular formula is C41H27NO. The summed E-state index contributed by atoms with van der Waals surface area (Å²) in [4.78, 5) is 2.46. The zero-order chi connectivity index (χ0) is 28.5. The number of nitrogens with zero attached hydrogens (tertiary/aromatic N) is 1. The Bertz CT molecular complexity index is 2540. The lowest BCUT2D eigenvalue weighted by Crippen LogP contribution is -2.13. The molecule has 9 rings (SSSR count). The number of rotatable bonds is 3. The van der Waals surface area contributed by atoms with Crippen molar-refractivity contribution in [3.8, 4) is 0 Å². The summed E-state index contributed by atoms with van der Waals surface area (Å²) >= 11 is 0. The van der Waals surface area contributed by atoms with Crippen LogP contribution in [0.25, 0.3) is 65.0 Å². The molecular weight excluding hydrogens is 522 g/mol. The van der Waals surface area contributed by atoms with Crippen molar-refractivity contribution >= 4 is 82.1 Å².